The first-order valence-electron chi connectivity index (χ1n) is 5.95. The van der Waals surface area contributed by atoms with Crippen LogP contribution in [0.25, 0.3) is 0 Å². The van der Waals surface area contributed by atoms with Gasteiger partial charge in [-0.25, -0.2) is 4.98 Å². The Hall–Kier alpha value is -0.940. The predicted molar refractivity (Wildman–Crippen MR) is 69.1 cm³/mol. The number of nitrogens with two attached hydrogens (primary N) is 1. The summed E-state index contributed by atoms with van der Waals surface area (Å²) in [6, 6.07) is 0. The summed E-state index contributed by atoms with van der Waals surface area (Å²) >= 11 is 1.50. The first-order chi connectivity index (χ1) is 8.03. The summed E-state index contributed by atoms with van der Waals surface area (Å²) in [6.07, 6.45) is 1.94. The van der Waals surface area contributed by atoms with Gasteiger partial charge in [0.1, 0.15) is 5.69 Å². The van der Waals surface area contributed by atoms with Crippen molar-refractivity contribution in [3.8, 4) is 0 Å². The summed E-state index contributed by atoms with van der Waals surface area (Å²) in [5, 5.41) is 5.68. The molecule has 1 unspecified atom stereocenters. The Balaban J connectivity index is 1.82. The zero-order valence-corrected chi connectivity index (χ0v) is 11.1. The molecule has 1 aromatic rings. The van der Waals surface area contributed by atoms with E-state index >= 15 is 0 Å². The molecule has 1 aliphatic carbocycles. The molecule has 1 saturated carbocycles. The molecule has 0 saturated heterocycles. The minimum atomic E-state index is -0.0628. The van der Waals surface area contributed by atoms with Gasteiger partial charge in [0.15, 0.2) is 0 Å². The van der Waals surface area contributed by atoms with Crippen LogP contribution < -0.4 is 11.1 Å². The number of rotatable bonds is 5. The van der Waals surface area contributed by atoms with Gasteiger partial charge in [-0.2, -0.15) is 0 Å². The second-order valence-corrected chi connectivity index (χ2v) is 6.21. The topological polar surface area (TPSA) is 68.0 Å². The van der Waals surface area contributed by atoms with Crippen molar-refractivity contribution in [3.63, 3.8) is 0 Å². The Morgan fingerprint density at radius 3 is 3.00 bits per heavy atom. The van der Waals surface area contributed by atoms with Crippen molar-refractivity contribution in [2.45, 2.75) is 26.7 Å². The monoisotopic (exact) mass is 253 g/mol. The molecule has 2 rings (SSSR count). The van der Waals surface area contributed by atoms with E-state index in [1.807, 2.05) is 0 Å². The normalized spacial score (nSPS) is 21.2. The standard InChI is InChI=1S/C12H19N3OS/c1-12(2)5-8(12)6-14-11(16)9-7-17-10(15-9)3-4-13/h7-8H,3-6,13H2,1-2H3,(H,14,16). The number of nitrogens with zero attached hydrogens (tertiary/aromatic N) is 1. The first kappa shape index (κ1) is 12.5. The minimum absolute atomic E-state index is 0.0628. The smallest absolute Gasteiger partial charge is 0.270 e. The van der Waals surface area contributed by atoms with E-state index in [4.69, 9.17) is 5.73 Å². The van der Waals surface area contributed by atoms with Gasteiger partial charge in [0, 0.05) is 18.3 Å². The summed E-state index contributed by atoms with van der Waals surface area (Å²) in [7, 11) is 0. The van der Waals surface area contributed by atoms with Crippen molar-refractivity contribution in [2.24, 2.45) is 17.1 Å². The van der Waals surface area contributed by atoms with Gasteiger partial charge in [0.25, 0.3) is 5.91 Å². The summed E-state index contributed by atoms with van der Waals surface area (Å²) in [5.41, 5.74) is 6.38. The van der Waals surface area contributed by atoms with Crippen molar-refractivity contribution < 1.29 is 4.79 Å². The van der Waals surface area contributed by atoms with E-state index in [1.165, 1.54) is 17.8 Å². The fourth-order valence-corrected chi connectivity index (χ4v) is 2.68. The minimum Gasteiger partial charge on any atom is -0.350 e. The fraction of sp³-hybridized carbons (Fsp3) is 0.667. The van der Waals surface area contributed by atoms with E-state index in [2.05, 4.69) is 24.1 Å². The lowest BCUT2D eigenvalue weighted by atomic mass is 10.1. The summed E-state index contributed by atoms with van der Waals surface area (Å²) in [5.74, 6) is 0.556. The van der Waals surface area contributed by atoms with E-state index in [-0.39, 0.29) is 5.91 Å². The van der Waals surface area contributed by atoms with Gasteiger partial charge in [-0.1, -0.05) is 13.8 Å². The summed E-state index contributed by atoms with van der Waals surface area (Å²) < 4.78 is 0. The number of nitrogens with one attached hydrogen (secondary N) is 1. The molecule has 1 atom stereocenters. The van der Waals surface area contributed by atoms with E-state index in [1.54, 1.807) is 5.38 Å². The Labute approximate surface area is 106 Å². The number of carbonyl (C=O) groups excluding carboxylic acids is 1. The van der Waals surface area contributed by atoms with Crippen LogP contribution in [-0.4, -0.2) is 24.0 Å². The van der Waals surface area contributed by atoms with Gasteiger partial charge in [0.05, 0.1) is 5.01 Å². The number of aromatic nitrogens is 1. The Bertz CT molecular complexity index is 414. The van der Waals surface area contributed by atoms with Crippen molar-refractivity contribution in [1.82, 2.24) is 10.3 Å². The van der Waals surface area contributed by atoms with Gasteiger partial charge >= 0.3 is 0 Å². The lowest BCUT2D eigenvalue weighted by molar-refractivity contribution is 0.0946. The SMILES string of the molecule is CC1(C)CC1CNC(=O)c1csc(CCN)n1. The molecule has 1 amide bonds. The molecule has 4 nitrogen and oxygen atoms in total. The van der Waals surface area contributed by atoms with Crippen LogP contribution in [0.3, 0.4) is 0 Å². The third kappa shape index (κ3) is 3.04. The molecule has 0 aliphatic heterocycles. The maximum Gasteiger partial charge on any atom is 0.270 e. The fourth-order valence-electron chi connectivity index (χ4n) is 1.88. The summed E-state index contributed by atoms with van der Waals surface area (Å²) in [4.78, 5) is 16.1. The van der Waals surface area contributed by atoms with Crippen molar-refractivity contribution in [2.75, 3.05) is 13.1 Å². The zero-order valence-electron chi connectivity index (χ0n) is 10.3. The molecule has 5 heteroatoms. The average molecular weight is 253 g/mol. The van der Waals surface area contributed by atoms with Gasteiger partial charge in [-0.05, 0) is 24.3 Å². The number of hydrogen-bond acceptors (Lipinski definition) is 4. The molecular weight excluding hydrogens is 234 g/mol. The Morgan fingerprint density at radius 1 is 1.71 bits per heavy atom. The van der Waals surface area contributed by atoms with Gasteiger partial charge in [0.2, 0.25) is 0 Å². The lowest BCUT2D eigenvalue weighted by Gasteiger charge is -2.04. The second kappa shape index (κ2) is 4.74. The maximum atomic E-state index is 11.8. The molecule has 1 heterocycles. The second-order valence-electron chi connectivity index (χ2n) is 5.26. The van der Waals surface area contributed by atoms with Crippen molar-refractivity contribution >= 4 is 17.2 Å². The molecule has 0 radical (unpaired) electrons. The highest BCUT2D eigenvalue weighted by Gasteiger charge is 2.45. The van der Waals surface area contributed by atoms with Crippen LogP contribution in [0.15, 0.2) is 5.38 Å². The highest BCUT2D eigenvalue weighted by Crippen LogP contribution is 2.50. The number of carbonyl (C=O) groups is 1. The Morgan fingerprint density at radius 2 is 2.41 bits per heavy atom. The van der Waals surface area contributed by atoms with Crippen LogP contribution >= 0.6 is 11.3 Å². The van der Waals surface area contributed by atoms with Crippen LogP contribution in [0.5, 0.6) is 0 Å². The number of amides is 1. The third-order valence-corrected chi connectivity index (χ3v) is 4.28. The third-order valence-electron chi connectivity index (χ3n) is 3.37. The number of thiazole rings is 1. The highest BCUT2D eigenvalue weighted by atomic mass is 32.1. The van der Waals surface area contributed by atoms with Crippen LogP contribution in [0.2, 0.25) is 0 Å². The molecule has 0 spiro atoms. The van der Waals surface area contributed by atoms with E-state index in [0.29, 0.717) is 23.6 Å². The zero-order chi connectivity index (χ0) is 12.5. The quantitative estimate of drug-likeness (QED) is 0.834. The van der Waals surface area contributed by atoms with Crippen molar-refractivity contribution in [1.29, 1.82) is 0 Å². The highest BCUT2D eigenvalue weighted by molar-refractivity contribution is 7.09. The van der Waals surface area contributed by atoms with E-state index < -0.39 is 0 Å². The van der Waals surface area contributed by atoms with E-state index in [0.717, 1.165) is 18.0 Å². The molecule has 94 valence electrons. The first-order valence-corrected chi connectivity index (χ1v) is 6.83. The van der Waals surface area contributed by atoms with Crippen molar-refractivity contribution in [3.05, 3.63) is 16.1 Å². The molecule has 17 heavy (non-hydrogen) atoms. The Kier molecular flexibility index (Phi) is 3.49. The molecule has 1 fully saturated rings. The molecule has 3 N–H and O–H groups in total. The molecule has 0 bridgehead atoms. The molecule has 1 aliphatic rings. The van der Waals surface area contributed by atoms with Gasteiger partial charge in [-0.15, -0.1) is 11.3 Å². The average Bonchev–Trinajstić information content (AvgIpc) is 2.70. The van der Waals surface area contributed by atoms with Gasteiger partial charge < -0.3 is 11.1 Å². The molecule has 0 aromatic carbocycles. The molecular formula is C12H19N3OS. The van der Waals surface area contributed by atoms with Crippen LogP contribution in [0.4, 0.5) is 0 Å². The van der Waals surface area contributed by atoms with Crippen LogP contribution in [0, 0.1) is 11.3 Å². The summed E-state index contributed by atoms with van der Waals surface area (Å²) in [6.45, 7) is 5.79. The predicted octanol–water partition coefficient (Wildman–Crippen LogP) is 1.42. The maximum absolute atomic E-state index is 11.8. The van der Waals surface area contributed by atoms with Crippen LogP contribution in [0.1, 0.15) is 35.8 Å². The number of hydrogen-bond donors (Lipinski definition) is 2. The van der Waals surface area contributed by atoms with Crippen LogP contribution in [-0.2, 0) is 6.42 Å². The largest absolute Gasteiger partial charge is 0.350 e. The van der Waals surface area contributed by atoms with E-state index in [9.17, 15) is 4.79 Å². The molecule has 1 aromatic heterocycles. The van der Waals surface area contributed by atoms with Gasteiger partial charge in [-0.3, -0.25) is 4.79 Å². The lowest BCUT2D eigenvalue weighted by Crippen LogP contribution is -2.26.